The molecule has 3 heterocycles. The quantitative estimate of drug-likeness (QED) is 0.773. The largest absolute Gasteiger partial charge is 0.359 e. The smallest absolute Gasteiger partial charge is 0.225 e. The summed E-state index contributed by atoms with van der Waals surface area (Å²) in [5.74, 6) is 4.09. The number of carbonyl (C=O) groups excluding carboxylic acids is 1. The van der Waals surface area contributed by atoms with E-state index in [0.717, 1.165) is 25.5 Å². The fourth-order valence-corrected chi connectivity index (χ4v) is 5.93. The van der Waals surface area contributed by atoms with Crippen LogP contribution in [-0.4, -0.2) is 42.5 Å². The number of likely N-dealkylation sites (tertiary alicyclic amines) is 1. The van der Waals surface area contributed by atoms with Crippen LogP contribution in [-0.2, 0) is 4.79 Å². The SMILES string of the molecule is CC(C)C(=O)N1CC2CCC(C1)C2C1CN(C)c2nccc(Br)c21. The number of amides is 1. The summed E-state index contributed by atoms with van der Waals surface area (Å²) in [7, 11) is 2.15. The summed E-state index contributed by atoms with van der Waals surface area (Å²) < 4.78 is 1.20. The highest BCUT2D eigenvalue weighted by Gasteiger charge is 2.49. The van der Waals surface area contributed by atoms with E-state index in [1.54, 1.807) is 0 Å². The number of carbonyl (C=O) groups is 1. The van der Waals surface area contributed by atoms with Gasteiger partial charge in [0, 0.05) is 54.8 Å². The van der Waals surface area contributed by atoms with Crippen molar-refractivity contribution < 1.29 is 4.79 Å². The Hall–Kier alpha value is -1.10. The monoisotopic (exact) mass is 391 g/mol. The van der Waals surface area contributed by atoms with E-state index in [4.69, 9.17) is 0 Å². The van der Waals surface area contributed by atoms with Crippen LogP contribution >= 0.6 is 15.9 Å². The first-order valence-electron chi connectivity index (χ1n) is 9.11. The van der Waals surface area contributed by atoms with Crippen LogP contribution in [0.4, 0.5) is 5.82 Å². The number of anilines is 1. The third-order valence-electron chi connectivity index (χ3n) is 6.30. The Morgan fingerprint density at radius 1 is 1.25 bits per heavy atom. The average molecular weight is 392 g/mol. The number of aromatic nitrogens is 1. The number of pyridine rings is 1. The third-order valence-corrected chi connectivity index (χ3v) is 6.99. The van der Waals surface area contributed by atoms with E-state index in [-0.39, 0.29) is 5.92 Å². The molecule has 0 aromatic carbocycles. The minimum absolute atomic E-state index is 0.109. The summed E-state index contributed by atoms with van der Waals surface area (Å²) >= 11 is 3.77. The zero-order valence-electron chi connectivity index (χ0n) is 14.7. The Kier molecular flexibility index (Phi) is 4.10. The van der Waals surface area contributed by atoms with Crippen LogP contribution in [0.25, 0.3) is 0 Å². The summed E-state index contributed by atoms with van der Waals surface area (Å²) in [4.78, 5) is 21.5. The van der Waals surface area contributed by atoms with Gasteiger partial charge in [-0.15, -0.1) is 0 Å². The number of piperidine rings is 1. The number of halogens is 1. The maximum Gasteiger partial charge on any atom is 0.225 e. The molecule has 3 unspecified atom stereocenters. The number of hydrogen-bond donors (Lipinski definition) is 0. The molecule has 130 valence electrons. The number of rotatable bonds is 2. The van der Waals surface area contributed by atoms with Crippen LogP contribution in [0.1, 0.15) is 38.2 Å². The number of fused-ring (bicyclic) bond motifs is 3. The second-order valence-electron chi connectivity index (χ2n) is 8.09. The highest BCUT2D eigenvalue weighted by Crippen LogP contribution is 2.53. The molecule has 1 aliphatic carbocycles. The lowest BCUT2D eigenvalue weighted by molar-refractivity contribution is -0.137. The normalized spacial score (nSPS) is 31.7. The molecule has 0 N–H and O–H groups in total. The van der Waals surface area contributed by atoms with Crippen LogP contribution < -0.4 is 4.90 Å². The molecule has 24 heavy (non-hydrogen) atoms. The van der Waals surface area contributed by atoms with E-state index < -0.39 is 0 Å². The van der Waals surface area contributed by atoms with Crippen LogP contribution in [0.15, 0.2) is 16.7 Å². The van der Waals surface area contributed by atoms with E-state index in [2.05, 4.69) is 43.8 Å². The molecule has 1 aromatic heterocycles. The van der Waals surface area contributed by atoms with Gasteiger partial charge in [0.2, 0.25) is 5.91 Å². The molecular weight excluding hydrogens is 366 g/mol. The molecular formula is C19H26BrN3O. The van der Waals surface area contributed by atoms with Crippen LogP contribution in [0.5, 0.6) is 0 Å². The van der Waals surface area contributed by atoms with Crippen molar-refractivity contribution in [2.75, 3.05) is 31.6 Å². The van der Waals surface area contributed by atoms with Gasteiger partial charge in [-0.3, -0.25) is 4.79 Å². The predicted octanol–water partition coefficient (Wildman–Crippen LogP) is 3.52. The summed E-state index contributed by atoms with van der Waals surface area (Å²) in [5, 5.41) is 0. The van der Waals surface area contributed by atoms with Gasteiger partial charge in [0.25, 0.3) is 0 Å². The van der Waals surface area contributed by atoms with Gasteiger partial charge in [0.05, 0.1) is 0 Å². The van der Waals surface area contributed by atoms with Gasteiger partial charge >= 0.3 is 0 Å². The van der Waals surface area contributed by atoms with E-state index in [1.165, 1.54) is 22.9 Å². The molecule has 4 nitrogen and oxygen atoms in total. The van der Waals surface area contributed by atoms with E-state index >= 15 is 0 Å². The molecule has 5 heteroatoms. The fourth-order valence-electron chi connectivity index (χ4n) is 5.34. The van der Waals surface area contributed by atoms with Crippen molar-refractivity contribution in [3.63, 3.8) is 0 Å². The molecule has 1 aromatic rings. The van der Waals surface area contributed by atoms with Gasteiger partial charge in [-0.25, -0.2) is 4.98 Å². The van der Waals surface area contributed by atoms with Crippen molar-refractivity contribution in [3.8, 4) is 0 Å². The topological polar surface area (TPSA) is 36.4 Å². The Morgan fingerprint density at radius 3 is 2.54 bits per heavy atom. The molecule has 3 aliphatic rings. The van der Waals surface area contributed by atoms with Crippen molar-refractivity contribution in [1.29, 1.82) is 0 Å². The van der Waals surface area contributed by atoms with Crippen LogP contribution in [0.3, 0.4) is 0 Å². The molecule has 4 rings (SSSR count). The van der Waals surface area contributed by atoms with E-state index in [0.29, 0.717) is 29.6 Å². The van der Waals surface area contributed by atoms with Crippen molar-refractivity contribution in [2.45, 2.75) is 32.6 Å². The molecule has 0 spiro atoms. The molecule has 2 bridgehead atoms. The minimum Gasteiger partial charge on any atom is -0.359 e. The molecule has 1 saturated carbocycles. The zero-order valence-corrected chi connectivity index (χ0v) is 16.3. The van der Waals surface area contributed by atoms with Gasteiger partial charge in [-0.05, 0) is 36.7 Å². The van der Waals surface area contributed by atoms with E-state index in [1.807, 2.05) is 20.0 Å². The average Bonchev–Trinajstić information content (AvgIpc) is 3.01. The van der Waals surface area contributed by atoms with Gasteiger partial charge in [-0.1, -0.05) is 29.8 Å². The maximum absolute atomic E-state index is 12.4. The standard InChI is InChI=1S/C19H26BrN3O/c1-11(2)19(24)23-8-12-4-5-13(9-23)16(12)14-10-22(3)18-17(14)15(20)6-7-21-18/h6-7,11-14,16H,4-5,8-10H2,1-3H3. The summed E-state index contributed by atoms with van der Waals surface area (Å²) in [6.07, 6.45) is 4.43. The second-order valence-corrected chi connectivity index (χ2v) is 8.94. The molecule has 0 radical (unpaired) electrons. The third kappa shape index (κ3) is 2.47. The van der Waals surface area contributed by atoms with Gasteiger partial charge in [-0.2, -0.15) is 0 Å². The van der Waals surface area contributed by atoms with Crippen molar-refractivity contribution in [2.24, 2.45) is 23.7 Å². The van der Waals surface area contributed by atoms with Gasteiger partial charge in [0.15, 0.2) is 0 Å². The Bertz CT molecular complexity index is 648. The van der Waals surface area contributed by atoms with Crippen molar-refractivity contribution >= 4 is 27.7 Å². The van der Waals surface area contributed by atoms with Crippen molar-refractivity contribution in [1.82, 2.24) is 9.88 Å². The first-order chi connectivity index (χ1) is 11.5. The van der Waals surface area contributed by atoms with Crippen molar-refractivity contribution in [3.05, 3.63) is 22.3 Å². The lowest BCUT2D eigenvalue weighted by Gasteiger charge is -2.41. The number of likely N-dealkylation sites (N-methyl/N-ethyl adjacent to an activating group) is 1. The second kappa shape index (κ2) is 6.01. The zero-order chi connectivity index (χ0) is 17.0. The first kappa shape index (κ1) is 16.4. The number of hydrogen-bond acceptors (Lipinski definition) is 3. The summed E-state index contributed by atoms with van der Waals surface area (Å²) in [6, 6.07) is 2.07. The molecule has 1 saturated heterocycles. The summed E-state index contributed by atoms with van der Waals surface area (Å²) in [5.41, 5.74) is 1.39. The van der Waals surface area contributed by atoms with Crippen LogP contribution in [0, 0.1) is 23.7 Å². The Morgan fingerprint density at radius 2 is 1.92 bits per heavy atom. The van der Waals surface area contributed by atoms with E-state index in [9.17, 15) is 4.79 Å². The van der Waals surface area contributed by atoms with Gasteiger partial charge < -0.3 is 9.80 Å². The lowest BCUT2D eigenvalue weighted by Crippen LogP contribution is -2.48. The first-order valence-corrected chi connectivity index (χ1v) is 9.91. The summed E-state index contributed by atoms with van der Waals surface area (Å²) in [6.45, 7) is 6.99. The highest BCUT2D eigenvalue weighted by molar-refractivity contribution is 9.10. The molecule has 2 fully saturated rings. The molecule has 2 aliphatic heterocycles. The predicted molar refractivity (Wildman–Crippen MR) is 99.1 cm³/mol. The maximum atomic E-state index is 12.4. The Balaban J connectivity index is 1.61. The minimum atomic E-state index is 0.109. The Labute approximate surface area is 152 Å². The fraction of sp³-hybridized carbons (Fsp3) is 0.684. The van der Waals surface area contributed by atoms with Crippen LogP contribution in [0.2, 0.25) is 0 Å². The number of nitrogens with zero attached hydrogens (tertiary/aromatic N) is 3. The molecule has 1 amide bonds. The molecule has 3 atom stereocenters. The highest BCUT2D eigenvalue weighted by atomic mass is 79.9. The van der Waals surface area contributed by atoms with Gasteiger partial charge in [0.1, 0.15) is 5.82 Å². The lowest BCUT2D eigenvalue weighted by atomic mass is 9.74.